The zero-order chi connectivity index (χ0) is 34.5. The van der Waals surface area contributed by atoms with Gasteiger partial charge < -0.3 is 13.6 Å². The van der Waals surface area contributed by atoms with Gasteiger partial charge in [0.2, 0.25) is 0 Å². The van der Waals surface area contributed by atoms with Crippen LogP contribution in [0.3, 0.4) is 0 Å². The molecule has 0 bridgehead atoms. The molecular formula is C30H33BF6N2O5S2. The summed E-state index contributed by atoms with van der Waals surface area (Å²) >= 11 is 0. The van der Waals surface area contributed by atoms with Crippen molar-refractivity contribution in [2.24, 2.45) is 0 Å². The average Bonchev–Trinajstić information content (AvgIpc) is 3.49. The molecule has 2 aliphatic rings. The summed E-state index contributed by atoms with van der Waals surface area (Å²) in [5.74, 6) is 0. The predicted molar refractivity (Wildman–Crippen MR) is 162 cm³/mol. The second-order valence-electron chi connectivity index (χ2n) is 11.8. The smallest absolute Gasteiger partial charge is 0.421 e. The van der Waals surface area contributed by atoms with Crippen molar-refractivity contribution < 1.29 is 52.6 Å². The van der Waals surface area contributed by atoms with Crippen molar-refractivity contribution in [1.82, 2.24) is 0 Å². The fourth-order valence-electron chi connectivity index (χ4n) is 6.43. The van der Waals surface area contributed by atoms with Gasteiger partial charge in [0.25, 0.3) is 0 Å². The minimum absolute atomic E-state index is 0.0651. The highest BCUT2D eigenvalue weighted by molar-refractivity contribution is 8.13. The van der Waals surface area contributed by atoms with Gasteiger partial charge in [-0.1, -0.05) is 82.9 Å². The monoisotopic (exact) mass is 690 g/mol. The summed E-state index contributed by atoms with van der Waals surface area (Å²) in [5, 5.41) is 0. The van der Waals surface area contributed by atoms with Gasteiger partial charge >= 0.3 is 18.1 Å². The lowest BCUT2D eigenvalue weighted by Gasteiger charge is -2.34. The fraction of sp³-hybridized carbons (Fsp3) is 0.400. The van der Waals surface area contributed by atoms with Crippen LogP contribution in [0.2, 0.25) is 0 Å². The molecule has 0 aliphatic carbocycles. The molecule has 0 saturated carbocycles. The SMILES string of the molecule is Cc1cc(C)cc(C2(c3cc(C)cc(C)c3)OB(c3ccccc3C)[NH+]3CCC[C@H]32)c1.O=S(=O)([N-]S(=O)(=O)C(F)(F)F)C(F)(F)F. The number of rotatable bonds is 5. The van der Waals surface area contributed by atoms with Crippen LogP contribution in [-0.2, 0) is 30.3 Å². The van der Waals surface area contributed by atoms with Gasteiger partial charge in [-0.3, -0.25) is 0 Å². The van der Waals surface area contributed by atoms with E-state index in [0.29, 0.717) is 6.04 Å². The zero-order valence-electron chi connectivity index (χ0n) is 25.6. The molecule has 2 saturated heterocycles. The summed E-state index contributed by atoms with van der Waals surface area (Å²) in [6.07, 6.45) is 2.45. The number of benzene rings is 3. The highest BCUT2D eigenvalue weighted by atomic mass is 32.3. The van der Waals surface area contributed by atoms with Gasteiger partial charge in [-0.05, 0) is 51.3 Å². The molecule has 7 nitrogen and oxygen atoms in total. The van der Waals surface area contributed by atoms with Crippen molar-refractivity contribution in [3.05, 3.63) is 104 Å². The minimum Gasteiger partial charge on any atom is -0.421 e. The molecule has 2 atom stereocenters. The molecule has 3 aromatic rings. The molecule has 0 spiro atoms. The lowest BCUT2D eigenvalue weighted by Crippen LogP contribution is -3.19. The molecule has 0 radical (unpaired) electrons. The van der Waals surface area contributed by atoms with E-state index >= 15 is 0 Å². The van der Waals surface area contributed by atoms with Crippen LogP contribution in [0.4, 0.5) is 26.3 Å². The van der Waals surface area contributed by atoms with Gasteiger partial charge in [0.15, 0.2) is 25.6 Å². The van der Waals surface area contributed by atoms with E-state index in [-0.39, 0.29) is 7.05 Å². The maximum Gasteiger partial charge on any atom is 0.611 e. The Morgan fingerprint density at radius 3 is 1.61 bits per heavy atom. The normalized spacial score (nSPS) is 19.8. The number of halogens is 6. The van der Waals surface area contributed by atoms with Crippen LogP contribution in [-0.4, -0.2) is 47.5 Å². The first kappa shape index (κ1) is 35.9. The van der Waals surface area contributed by atoms with Crippen LogP contribution >= 0.6 is 0 Å². The number of aryl methyl sites for hydroxylation is 5. The Balaban J connectivity index is 0.000000273. The van der Waals surface area contributed by atoms with Crippen molar-refractivity contribution in [3.8, 4) is 0 Å². The van der Waals surface area contributed by atoms with Crippen LogP contribution in [0.15, 0.2) is 60.7 Å². The summed E-state index contributed by atoms with van der Waals surface area (Å²) in [5.41, 5.74) is -2.32. The predicted octanol–water partition coefficient (Wildman–Crippen LogP) is 5.00. The third-order valence-electron chi connectivity index (χ3n) is 8.09. The van der Waals surface area contributed by atoms with E-state index in [1.807, 2.05) is 0 Å². The Hall–Kier alpha value is -2.92. The second kappa shape index (κ2) is 12.6. The van der Waals surface area contributed by atoms with Crippen molar-refractivity contribution >= 4 is 32.6 Å². The maximum atomic E-state index is 11.4. The van der Waals surface area contributed by atoms with E-state index in [4.69, 9.17) is 4.65 Å². The summed E-state index contributed by atoms with van der Waals surface area (Å²) in [7, 11) is -13.4. The number of hydrogen-bond donors (Lipinski definition) is 1. The van der Waals surface area contributed by atoms with Gasteiger partial charge in [0.05, 0.1) is 6.54 Å². The first-order chi connectivity index (χ1) is 21.1. The minimum atomic E-state index is -6.72. The number of nitrogens with one attached hydrogen (secondary N) is 1. The van der Waals surface area contributed by atoms with E-state index in [1.54, 1.807) is 4.81 Å². The summed E-state index contributed by atoms with van der Waals surface area (Å²) < 4.78 is 117. The topological polar surface area (TPSA) is 96.1 Å². The molecule has 1 unspecified atom stereocenters. The number of sulfonamides is 2. The third kappa shape index (κ3) is 7.00. The summed E-state index contributed by atoms with van der Waals surface area (Å²) in [4.78, 5) is 1.59. The molecule has 250 valence electrons. The van der Waals surface area contributed by atoms with E-state index in [9.17, 15) is 43.2 Å². The molecule has 16 heteroatoms. The highest BCUT2D eigenvalue weighted by Gasteiger charge is 2.64. The largest absolute Gasteiger partial charge is 0.611 e. The van der Waals surface area contributed by atoms with Crippen molar-refractivity contribution in [2.75, 3.05) is 6.54 Å². The van der Waals surface area contributed by atoms with E-state index in [0.717, 1.165) is 4.13 Å². The van der Waals surface area contributed by atoms with Crippen LogP contribution < -0.4 is 10.3 Å². The summed E-state index contributed by atoms with van der Waals surface area (Å²) in [6, 6.07) is 23.2. The van der Waals surface area contributed by atoms with Crippen LogP contribution in [0.5, 0.6) is 0 Å². The Morgan fingerprint density at radius 1 is 0.761 bits per heavy atom. The van der Waals surface area contributed by atoms with E-state index in [2.05, 4.69) is 95.3 Å². The molecule has 0 amide bonds. The quantitative estimate of drug-likeness (QED) is 0.301. The second-order valence-corrected chi connectivity index (χ2v) is 15.2. The molecular weight excluding hydrogens is 657 g/mol. The molecule has 5 rings (SSSR count). The average molecular weight is 691 g/mol. The van der Waals surface area contributed by atoms with Gasteiger partial charge in [0, 0.05) is 18.3 Å². The lowest BCUT2D eigenvalue weighted by atomic mass is 9.70. The van der Waals surface area contributed by atoms with Gasteiger partial charge in [-0.2, -0.15) is 26.3 Å². The first-order valence-corrected chi connectivity index (χ1v) is 17.1. The Labute approximate surface area is 265 Å². The number of quaternary nitrogens is 1. The number of alkyl halides is 6. The van der Waals surface area contributed by atoms with E-state index < -0.39 is 36.7 Å². The molecule has 46 heavy (non-hydrogen) atoms. The van der Waals surface area contributed by atoms with Gasteiger partial charge in [-0.15, -0.1) is 0 Å². The molecule has 3 aromatic carbocycles. The van der Waals surface area contributed by atoms with Crippen LogP contribution in [0, 0.1) is 34.6 Å². The number of nitrogens with zero attached hydrogens (tertiary/aromatic N) is 1. The summed E-state index contributed by atoms with van der Waals surface area (Å²) in [6.45, 7) is 12.2. The number of hydrogen-bond acceptors (Lipinski definition) is 5. The Morgan fingerprint density at radius 2 is 1.20 bits per heavy atom. The van der Waals surface area contributed by atoms with Crippen LogP contribution in [0.25, 0.3) is 4.13 Å². The molecule has 2 aliphatic heterocycles. The van der Waals surface area contributed by atoms with Gasteiger partial charge in [0.1, 0.15) is 6.04 Å². The standard InChI is InChI=1S/C28H32BNO.C2F6NO4S2/c1-19-13-20(2)16-24(15-19)28(25-17-21(3)14-22(4)18-25)27-11-8-12-30(27)29(31-28)26-10-7-6-9-23(26)5;3-1(4,5)14(10,11)9-15(12,13)2(6,7)8/h6-7,9-10,13-18,27H,8,11-12H2,1-5H3;/q;-1/p+1/t27-;/m0./s1. The van der Waals surface area contributed by atoms with E-state index in [1.165, 1.54) is 63.8 Å². The van der Waals surface area contributed by atoms with Crippen LogP contribution in [0.1, 0.15) is 51.8 Å². The lowest BCUT2D eigenvalue weighted by molar-refractivity contribution is -0.799. The van der Waals surface area contributed by atoms with Gasteiger partial charge in [-0.25, -0.2) is 16.8 Å². The van der Waals surface area contributed by atoms with Crippen molar-refractivity contribution in [3.63, 3.8) is 0 Å². The fourth-order valence-corrected chi connectivity index (χ4v) is 8.14. The molecule has 1 N–H and O–H groups in total. The Bertz CT molecular complexity index is 1700. The highest BCUT2D eigenvalue weighted by Crippen LogP contribution is 2.43. The zero-order valence-corrected chi connectivity index (χ0v) is 27.3. The van der Waals surface area contributed by atoms with Crippen molar-refractivity contribution in [2.45, 2.75) is 70.1 Å². The third-order valence-corrected chi connectivity index (χ3v) is 10.8. The van der Waals surface area contributed by atoms with Crippen molar-refractivity contribution in [1.29, 1.82) is 0 Å². The maximum absolute atomic E-state index is 11.4. The molecule has 2 fully saturated rings. The molecule has 0 aromatic heterocycles. The number of fused-ring (bicyclic) bond motifs is 1. The first-order valence-electron chi connectivity index (χ1n) is 14.2. The Kier molecular flexibility index (Phi) is 9.84. The molecule has 2 heterocycles.